The highest BCUT2D eigenvalue weighted by Crippen LogP contribution is 2.38. The topological polar surface area (TPSA) is 74.8 Å². The van der Waals surface area contributed by atoms with Gasteiger partial charge in [0, 0.05) is 31.8 Å². The molecule has 8 heteroatoms. The lowest BCUT2D eigenvalue weighted by Crippen LogP contribution is -2.47. The Bertz CT molecular complexity index is 1400. The maximum Gasteiger partial charge on any atom is 0.243 e. The number of sulfonamides is 1. The van der Waals surface area contributed by atoms with E-state index in [4.69, 9.17) is 0 Å². The van der Waals surface area contributed by atoms with E-state index in [1.807, 2.05) is 70.9 Å². The average molecular weight is 515 g/mol. The van der Waals surface area contributed by atoms with E-state index in [1.54, 1.807) is 24.3 Å². The molecule has 2 heterocycles. The molecule has 188 valence electrons. The Morgan fingerprint density at radius 2 is 1.46 bits per heavy atom. The van der Waals surface area contributed by atoms with Gasteiger partial charge in [-0.3, -0.25) is 0 Å². The summed E-state index contributed by atoms with van der Waals surface area (Å²) in [5.41, 5.74) is 5.31. The SMILES string of the molecule is Cc1ccc(S(=O)(=O)N2CC=C3C[C@H](S(=O)(=O)c4c(C)cc(C)cc4C)N(C(C)C)C=C3C2)cc1. The lowest BCUT2D eigenvalue weighted by Gasteiger charge is -2.41. The number of hydrogen-bond acceptors (Lipinski definition) is 5. The van der Waals surface area contributed by atoms with Crippen LogP contribution < -0.4 is 0 Å². The minimum absolute atomic E-state index is 0.0704. The first-order chi connectivity index (χ1) is 16.3. The van der Waals surface area contributed by atoms with Crippen LogP contribution in [0, 0.1) is 27.7 Å². The van der Waals surface area contributed by atoms with E-state index >= 15 is 0 Å². The lowest BCUT2D eigenvalue weighted by molar-refractivity contribution is 0.264. The number of hydrogen-bond donors (Lipinski definition) is 0. The van der Waals surface area contributed by atoms with Gasteiger partial charge in [0.05, 0.1) is 9.79 Å². The fraction of sp³-hybridized carbons (Fsp3) is 0.407. The van der Waals surface area contributed by atoms with Crippen molar-refractivity contribution in [2.45, 2.75) is 69.2 Å². The molecule has 6 nitrogen and oxygen atoms in total. The van der Waals surface area contributed by atoms with Crippen LogP contribution in [0.25, 0.3) is 0 Å². The Kier molecular flexibility index (Phi) is 6.76. The molecule has 4 rings (SSSR count). The second-order valence-corrected chi connectivity index (χ2v) is 13.9. The Morgan fingerprint density at radius 1 is 0.857 bits per heavy atom. The molecular weight excluding hydrogens is 480 g/mol. The Hall–Kier alpha value is -2.42. The van der Waals surface area contributed by atoms with Gasteiger partial charge >= 0.3 is 0 Å². The predicted octanol–water partition coefficient (Wildman–Crippen LogP) is 4.65. The summed E-state index contributed by atoms with van der Waals surface area (Å²) in [5, 5.41) is -0.738. The number of rotatable bonds is 5. The fourth-order valence-corrected chi connectivity index (χ4v) is 8.81. The molecule has 0 bridgehead atoms. The van der Waals surface area contributed by atoms with Crippen LogP contribution in [-0.2, 0) is 19.9 Å². The maximum absolute atomic E-state index is 14.0. The smallest absolute Gasteiger partial charge is 0.243 e. The second kappa shape index (κ2) is 9.22. The zero-order valence-corrected chi connectivity index (χ0v) is 22.9. The van der Waals surface area contributed by atoms with Gasteiger partial charge in [0.25, 0.3) is 0 Å². The Balaban J connectivity index is 1.70. The Labute approximate surface area is 209 Å². The summed E-state index contributed by atoms with van der Waals surface area (Å²) in [6.45, 7) is 12.0. The highest BCUT2D eigenvalue weighted by atomic mass is 32.2. The normalized spacial score (nSPS) is 19.4. The molecule has 0 unspecified atom stereocenters. The van der Waals surface area contributed by atoms with Gasteiger partial charge in [-0.2, -0.15) is 4.31 Å². The van der Waals surface area contributed by atoms with E-state index in [2.05, 4.69) is 0 Å². The molecule has 0 spiro atoms. The molecule has 0 aromatic heterocycles. The van der Waals surface area contributed by atoms with Crippen molar-refractivity contribution in [1.82, 2.24) is 9.21 Å². The summed E-state index contributed by atoms with van der Waals surface area (Å²) in [7, 11) is -7.32. The van der Waals surface area contributed by atoms with Crippen molar-refractivity contribution in [3.8, 4) is 0 Å². The van der Waals surface area contributed by atoms with Crippen molar-refractivity contribution >= 4 is 19.9 Å². The van der Waals surface area contributed by atoms with Crippen LogP contribution in [0.3, 0.4) is 0 Å². The van der Waals surface area contributed by atoms with Crippen LogP contribution >= 0.6 is 0 Å². The third-order valence-corrected chi connectivity index (χ3v) is 11.0. The summed E-state index contributed by atoms with van der Waals surface area (Å²) < 4.78 is 55.9. The van der Waals surface area contributed by atoms with Crippen LogP contribution in [0.4, 0.5) is 0 Å². The molecule has 2 aromatic rings. The zero-order valence-electron chi connectivity index (χ0n) is 21.2. The number of benzene rings is 2. The molecule has 0 fully saturated rings. The number of sulfone groups is 1. The highest BCUT2D eigenvalue weighted by Gasteiger charge is 2.40. The molecule has 2 aromatic carbocycles. The predicted molar refractivity (Wildman–Crippen MR) is 139 cm³/mol. The van der Waals surface area contributed by atoms with Crippen LogP contribution in [0.2, 0.25) is 0 Å². The first kappa shape index (κ1) is 25.7. The van der Waals surface area contributed by atoms with Gasteiger partial charge in [-0.05, 0) is 75.9 Å². The van der Waals surface area contributed by atoms with Crippen LogP contribution in [0.1, 0.15) is 42.5 Å². The van der Waals surface area contributed by atoms with Crippen LogP contribution in [-0.4, -0.2) is 50.5 Å². The van der Waals surface area contributed by atoms with Crippen molar-refractivity contribution in [3.05, 3.63) is 82.1 Å². The fourth-order valence-electron chi connectivity index (χ4n) is 5.14. The molecule has 0 saturated carbocycles. The van der Waals surface area contributed by atoms with Crippen molar-refractivity contribution < 1.29 is 16.8 Å². The summed E-state index contributed by atoms with van der Waals surface area (Å²) in [6, 6.07) is 10.6. The molecule has 0 amide bonds. The van der Waals surface area contributed by atoms with E-state index in [0.717, 1.165) is 33.4 Å². The van der Waals surface area contributed by atoms with E-state index in [1.165, 1.54) is 4.31 Å². The minimum Gasteiger partial charge on any atom is -0.358 e. The third-order valence-electron chi connectivity index (χ3n) is 6.83. The summed E-state index contributed by atoms with van der Waals surface area (Å²) in [6.07, 6.45) is 4.06. The van der Waals surface area contributed by atoms with E-state index in [-0.39, 0.29) is 24.0 Å². The van der Waals surface area contributed by atoms with Gasteiger partial charge in [-0.1, -0.05) is 41.5 Å². The number of fused-ring (bicyclic) bond motifs is 1. The summed E-state index contributed by atoms with van der Waals surface area (Å²) in [4.78, 5) is 2.54. The summed E-state index contributed by atoms with van der Waals surface area (Å²) >= 11 is 0. The van der Waals surface area contributed by atoms with Gasteiger partial charge in [0.1, 0.15) is 5.37 Å². The monoisotopic (exact) mass is 514 g/mol. The molecule has 1 atom stereocenters. The van der Waals surface area contributed by atoms with Crippen molar-refractivity contribution in [3.63, 3.8) is 0 Å². The van der Waals surface area contributed by atoms with Crippen molar-refractivity contribution in [2.24, 2.45) is 0 Å². The van der Waals surface area contributed by atoms with Gasteiger partial charge in [0.15, 0.2) is 9.84 Å². The summed E-state index contributed by atoms with van der Waals surface area (Å²) in [5.74, 6) is 0. The van der Waals surface area contributed by atoms with Gasteiger partial charge < -0.3 is 4.90 Å². The van der Waals surface area contributed by atoms with Crippen LogP contribution in [0.15, 0.2) is 69.6 Å². The van der Waals surface area contributed by atoms with Crippen LogP contribution in [0.5, 0.6) is 0 Å². The maximum atomic E-state index is 14.0. The minimum atomic E-state index is -3.67. The molecule has 0 saturated heterocycles. The molecular formula is C27H34N2O4S2. The number of nitrogens with zero attached hydrogens (tertiary/aromatic N) is 2. The molecule has 0 radical (unpaired) electrons. The zero-order chi connectivity index (χ0) is 25.7. The molecule has 35 heavy (non-hydrogen) atoms. The first-order valence-corrected chi connectivity index (χ1v) is 14.9. The van der Waals surface area contributed by atoms with Crippen molar-refractivity contribution in [2.75, 3.05) is 13.1 Å². The first-order valence-electron chi connectivity index (χ1n) is 11.9. The van der Waals surface area contributed by atoms with Gasteiger partial charge in [-0.25, -0.2) is 16.8 Å². The van der Waals surface area contributed by atoms with Crippen molar-refractivity contribution in [1.29, 1.82) is 0 Å². The third kappa shape index (κ3) is 4.71. The van der Waals surface area contributed by atoms with Gasteiger partial charge in [0.2, 0.25) is 10.0 Å². The number of aryl methyl sites for hydroxylation is 4. The van der Waals surface area contributed by atoms with E-state index in [9.17, 15) is 16.8 Å². The second-order valence-electron chi connectivity index (χ2n) is 9.97. The molecule has 0 N–H and O–H groups in total. The molecule has 0 aliphatic carbocycles. The van der Waals surface area contributed by atoms with E-state index in [0.29, 0.717) is 11.3 Å². The highest BCUT2D eigenvalue weighted by molar-refractivity contribution is 7.92. The standard InChI is InChI=1S/C27H34N2O4S2/c1-18(2)29-17-24-16-28(35(32,33)25-9-7-19(3)8-10-25)12-11-23(24)15-26(29)34(30,31)27-21(5)13-20(4)14-22(27)6/h7-11,13-14,17-18,26H,12,15-16H2,1-6H3/t26-/m0/s1. The average Bonchev–Trinajstić information content (AvgIpc) is 2.77. The molecule has 2 aliphatic heterocycles. The lowest BCUT2D eigenvalue weighted by atomic mass is 9.96. The quantitative estimate of drug-likeness (QED) is 0.581. The Morgan fingerprint density at radius 3 is 2.03 bits per heavy atom. The van der Waals surface area contributed by atoms with Gasteiger partial charge in [-0.15, -0.1) is 0 Å². The molecule has 2 aliphatic rings. The van der Waals surface area contributed by atoms with E-state index < -0.39 is 25.2 Å². The largest absolute Gasteiger partial charge is 0.358 e.